The lowest BCUT2D eigenvalue weighted by Gasteiger charge is -2.06. The Labute approximate surface area is 130 Å². The van der Waals surface area contributed by atoms with Gasteiger partial charge in [0.25, 0.3) is 0 Å². The second kappa shape index (κ2) is 8.69. The van der Waals surface area contributed by atoms with Gasteiger partial charge in [0.2, 0.25) is 0 Å². The van der Waals surface area contributed by atoms with Crippen molar-refractivity contribution in [1.29, 1.82) is 0 Å². The fourth-order valence-electron chi connectivity index (χ4n) is 1.85. The van der Waals surface area contributed by atoms with E-state index in [0.29, 0.717) is 13.2 Å². The summed E-state index contributed by atoms with van der Waals surface area (Å²) in [5.41, 5.74) is 0.966. The molecule has 0 aliphatic rings. The zero-order valence-electron chi connectivity index (χ0n) is 12.6. The van der Waals surface area contributed by atoms with Gasteiger partial charge in [-0.15, -0.1) is 16.9 Å². The van der Waals surface area contributed by atoms with Crippen molar-refractivity contribution in [3.63, 3.8) is 0 Å². The van der Waals surface area contributed by atoms with Crippen LogP contribution in [-0.2, 0) is 13.1 Å². The third-order valence-corrected chi connectivity index (χ3v) is 3.71. The lowest BCUT2D eigenvalue weighted by atomic mass is 10.3. The summed E-state index contributed by atoms with van der Waals surface area (Å²) in [6, 6.07) is 8.11. The molecule has 0 radical (unpaired) electrons. The molecular formula is C15H22N4OS. The summed E-state index contributed by atoms with van der Waals surface area (Å²) >= 11 is 1.73. The SMILES string of the molecule is CCCNCc1cn(CCOc2ccc(SC)cc2)nn1. The molecule has 5 nitrogen and oxygen atoms in total. The van der Waals surface area contributed by atoms with Crippen LogP contribution in [0.1, 0.15) is 19.0 Å². The minimum absolute atomic E-state index is 0.587. The van der Waals surface area contributed by atoms with Crippen LogP contribution in [0.25, 0.3) is 0 Å². The Morgan fingerprint density at radius 1 is 1.29 bits per heavy atom. The summed E-state index contributed by atoms with van der Waals surface area (Å²) in [6.07, 6.45) is 5.15. The maximum Gasteiger partial charge on any atom is 0.119 e. The van der Waals surface area contributed by atoms with Crippen molar-refractivity contribution in [3.05, 3.63) is 36.2 Å². The van der Waals surface area contributed by atoms with Gasteiger partial charge in [0.05, 0.1) is 12.2 Å². The van der Waals surface area contributed by atoms with Gasteiger partial charge in [0, 0.05) is 17.6 Å². The van der Waals surface area contributed by atoms with Gasteiger partial charge in [-0.1, -0.05) is 12.1 Å². The first-order valence-corrected chi connectivity index (χ1v) is 8.41. The van der Waals surface area contributed by atoms with E-state index >= 15 is 0 Å². The second-order valence-corrected chi connectivity index (χ2v) is 5.55. The summed E-state index contributed by atoms with van der Waals surface area (Å²) in [5.74, 6) is 0.887. The van der Waals surface area contributed by atoms with Crippen molar-refractivity contribution in [2.24, 2.45) is 0 Å². The Morgan fingerprint density at radius 2 is 2.10 bits per heavy atom. The highest BCUT2D eigenvalue weighted by Crippen LogP contribution is 2.18. The monoisotopic (exact) mass is 306 g/mol. The van der Waals surface area contributed by atoms with Crippen molar-refractivity contribution < 1.29 is 4.74 Å². The molecule has 0 saturated carbocycles. The molecule has 1 aromatic carbocycles. The average Bonchev–Trinajstić information content (AvgIpc) is 2.96. The number of hydrogen-bond acceptors (Lipinski definition) is 5. The molecule has 0 aliphatic heterocycles. The summed E-state index contributed by atoms with van der Waals surface area (Å²) in [6.45, 7) is 5.20. The molecule has 0 spiro atoms. The Kier molecular flexibility index (Phi) is 6.56. The molecule has 0 fully saturated rings. The van der Waals surface area contributed by atoms with E-state index in [2.05, 4.69) is 40.9 Å². The summed E-state index contributed by atoms with van der Waals surface area (Å²) in [4.78, 5) is 1.24. The highest BCUT2D eigenvalue weighted by atomic mass is 32.2. The van der Waals surface area contributed by atoms with E-state index in [0.717, 1.165) is 31.0 Å². The van der Waals surface area contributed by atoms with Crippen molar-refractivity contribution in [2.75, 3.05) is 19.4 Å². The molecule has 0 amide bonds. The molecule has 2 rings (SSSR count). The smallest absolute Gasteiger partial charge is 0.119 e. The largest absolute Gasteiger partial charge is 0.492 e. The van der Waals surface area contributed by atoms with Gasteiger partial charge < -0.3 is 10.1 Å². The van der Waals surface area contributed by atoms with Gasteiger partial charge in [0.1, 0.15) is 12.4 Å². The summed E-state index contributed by atoms with van der Waals surface area (Å²) < 4.78 is 7.52. The molecule has 0 atom stereocenters. The van der Waals surface area contributed by atoms with E-state index in [1.807, 2.05) is 23.0 Å². The van der Waals surface area contributed by atoms with Crippen LogP contribution in [0.4, 0.5) is 0 Å². The van der Waals surface area contributed by atoms with Crippen molar-refractivity contribution in [2.45, 2.75) is 31.3 Å². The molecule has 0 unspecified atom stereocenters. The van der Waals surface area contributed by atoms with E-state index in [1.165, 1.54) is 4.90 Å². The minimum atomic E-state index is 0.587. The maximum atomic E-state index is 5.70. The molecule has 0 saturated heterocycles. The van der Waals surface area contributed by atoms with Crippen LogP contribution in [-0.4, -0.2) is 34.4 Å². The normalized spacial score (nSPS) is 10.8. The average molecular weight is 306 g/mol. The number of nitrogens with zero attached hydrogens (tertiary/aromatic N) is 3. The number of thioether (sulfide) groups is 1. The first-order chi connectivity index (χ1) is 10.3. The first kappa shape index (κ1) is 15.9. The van der Waals surface area contributed by atoms with E-state index in [9.17, 15) is 0 Å². The Bertz CT molecular complexity index is 527. The fourth-order valence-corrected chi connectivity index (χ4v) is 2.26. The Balaban J connectivity index is 1.72. The topological polar surface area (TPSA) is 52.0 Å². The minimum Gasteiger partial charge on any atom is -0.492 e. The number of nitrogens with one attached hydrogen (secondary N) is 1. The number of ether oxygens (including phenoxy) is 1. The van der Waals surface area contributed by atoms with Crippen LogP contribution >= 0.6 is 11.8 Å². The van der Waals surface area contributed by atoms with E-state index < -0.39 is 0 Å². The van der Waals surface area contributed by atoms with Gasteiger partial charge in [-0.25, -0.2) is 4.68 Å². The summed E-state index contributed by atoms with van der Waals surface area (Å²) in [7, 11) is 0. The maximum absolute atomic E-state index is 5.70. The predicted octanol–water partition coefficient (Wildman–Crippen LogP) is 2.58. The Morgan fingerprint density at radius 3 is 2.81 bits per heavy atom. The molecule has 2 aromatic rings. The van der Waals surface area contributed by atoms with E-state index in [-0.39, 0.29) is 0 Å². The van der Waals surface area contributed by atoms with Crippen LogP contribution in [0, 0.1) is 0 Å². The lowest BCUT2D eigenvalue weighted by molar-refractivity contribution is 0.289. The third-order valence-electron chi connectivity index (χ3n) is 2.97. The lowest BCUT2D eigenvalue weighted by Crippen LogP contribution is -2.14. The number of rotatable bonds is 9. The molecule has 1 heterocycles. The van der Waals surface area contributed by atoms with Gasteiger partial charge in [-0.2, -0.15) is 0 Å². The highest BCUT2D eigenvalue weighted by molar-refractivity contribution is 7.98. The van der Waals surface area contributed by atoms with Crippen LogP contribution in [0.5, 0.6) is 5.75 Å². The van der Waals surface area contributed by atoms with E-state index in [1.54, 1.807) is 11.8 Å². The molecule has 6 heteroatoms. The fraction of sp³-hybridized carbons (Fsp3) is 0.467. The Hall–Kier alpha value is -1.53. The van der Waals surface area contributed by atoms with E-state index in [4.69, 9.17) is 4.74 Å². The molecule has 21 heavy (non-hydrogen) atoms. The number of benzene rings is 1. The van der Waals surface area contributed by atoms with Crippen LogP contribution in [0.15, 0.2) is 35.4 Å². The number of hydrogen-bond donors (Lipinski definition) is 1. The highest BCUT2D eigenvalue weighted by Gasteiger charge is 2.01. The molecule has 1 N–H and O–H groups in total. The molecule has 1 aromatic heterocycles. The van der Waals surface area contributed by atoms with Crippen LogP contribution in [0.2, 0.25) is 0 Å². The second-order valence-electron chi connectivity index (χ2n) is 4.67. The molecule has 114 valence electrons. The quantitative estimate of drug-likeness (QED) is 0.570. The van der Waals surface area contributed by atoms with Gasteiger partial charge in [0.15, 0.2) is 0 Å². The number of aromatic nitrogens is 3. The third kappa shape index (κ3) is 5.40. The molecule has 0 bridgehead atoms. The summed E-state index contributed by atoms with van der Waals surface area (Å²) in [5, 5.41) is 11.5. The van der Waals surface area contributed by atoms with Gasteiger partial charge >= 0.3 is 0 Å². The van der Waals surface area contributed by atoms with Gasteiger partial charge in [-0.05, 0) is 43.5 Å². The van der Waals surface area contributed by atoms with Crippen LogP contribution < -0.4 is 10.1 Å². The zero-order chi connectivity index (χ0) is 14.9. The molecular weight excluding hydrogens is 284 g/mol. The van der Waals surface area contributed by atoms with Crippen LogP contribution in [0.3, 0.4) is 0 Å². The molecule has 0 aliphatic carbocycles. The predicted molar refractivity (Wildman–Crippen MR) is 85.7 cm³/mol. The first-order valence-electron chi connectivity index (χ1n) is 7.18. The standard InChI is InChI=1S/C15H22N4OS/c1-3-8-16-11-13-12-19(18-17-13)9-10-20-14-4-6-15(21-2)7-5-14/h4-7,12,16H,3,8-11H2,1-2H3. The van der Waals surface area contributed by atoms with Gasteiger partial charge in [-0.3, -0.25) is 0 Å². The van der Waals surface area contributed by atoms with Crippen molar-refractivity contribution >= 4 is 11.8 Å². The zero-order valence-corrected chi connectivity index (χ0v) is 13.4. The van der Waals surface area contributed by atoms with Crippen molar-refractivity contribution in [1.82, 2.24) is 20.3 Å². The van der Waals surface area contributed by atoms with Crippen molar-refractivity contribution in [3.8, 4) is 5.75 Å².